The normalized spacial score (nSPS) is 32.0. The van der Waals surface area contributed by atoms with Crippen LogP contribution in [0.4, 0.5) is 0 Å². The van der Waals surface area contributed by atoms with Crippen LogP contribution in [0.15, 0.2) is 6.07 Å². The molecule has 4 heteroatoms. The Morgan fingerprint density at radius 1 is 1.41 bits per heavy atom. The quantitative estimate of drug-likeness (QED) is 0.908. The van der Waals surface area contributed by atoms with Crippen molar-refractivity contribution in [1.82, 2.24) is 5.32 Å². The van der Waals surface area contributed by atoms with Gasteiger partial charge in [0.25, 0.3) is 0 Å². The predicted octanol–water partition coefficient (Wildman–Crippen LogP) is 3.55. The summed E-state index contributed by atoms with van der Waals surface area (Å²) in [5.74, 6) is 0. The molecule has 1 heterocycles. The third kappa shape index (κ3) is 2.26. The van der Waals surface area contributed by atoms with E-state index in [4.69, 9.17) is 16.3 Å². The summed E-state index contributed by atoms with van der Waals surface area (Å²) in [6.45, 7) is 0. The summed E-state index contributed by atoms with van der Waals surface area (Å²) in [4.78, 5) is 1.47. The number of fused-ring (bicyclic) bond motifs is 1. The molecule has 3 atom stereocenters. The van der Waals surface area contributed by atoms with Crippen LogP contribution in [0.1, 0.15) is 42.2 Å². The highest BCUT2D eigenvalue weighted by atomic mass is 35.5. The van der Waals surface area contributed by atoms with Crippen LogP contribution in [0.2, 0.25) is 4.34 Å². The molecular formula is C13H18ClNOS. The third-order valence-electron chi connectivity index (χ3n) is 4.02. The van der Waals surface area contributed by atoms with E-state index in [-0.39, 0.29) is 0 Å². The molecule has 0 radical (unpaired) electrons. The number of thiophene rings is 1. The van der Waals surface area contributed by atoms with Gasteiger partial charge < -0.3 is 10.1 Å². The second-order valence-electron chi connectivity index (χ2n) is 5.00. The summed E-state index contributed by atoms with van der Waals surface area (Å²) in [7, 11) is 1.83. The molecule has 0 amide bonds. The topological polar surface area (TPSA) is 21.3 Å². The van der Waals surface area contributed by atoms with E-state index in [0.29, 0.717) is 18.2 Å². The predicted molar refractivity (Wildman–Crippen MR) is 72.0 cm³/mol. The number of halogens is 1. The second kappa shape index (κ2) is 4.88. The van der Waals surface area contributed by atoms with Crippen LogP contribution in [0.25, 0.3) is 0 Å². The van der Waals surface area contributed by atoms with Gasteiger partial charge in [-0.2, -0.15) is 0 Å². The van der Waals surface area contributed by atoms with E-state index in [1.807, 2.05) is 7.11 Å². The smallest absolute Gasteiger partial charge is 0.0934 e. The summed E-state index contributed by atoms with van der Waals surface area (Å²) < 4.78 is 6.47. The Hall–Kier alpha value is -0.0900. The van der Waals surface area contributed by atoms with Gasteiger partial charge in [-0.3, -0.25) is 0 Å². The number of hydrogen-bond acceptors (Lipinski definition) is 3. The average molecular weight is 272 g/mol. The number of nitrogens with one attached hydrogen (secondary N) is 1. The van der Waals surface area contributed by atoms with Gasteiger partial charge in [-0.05, 0) is 43.7 Å². The fourth-order valence-corrected chi connectivity index (χ4v) is 4.52. The van der Waals surface area contributed by atoms with Crippen molar-refractivity contribution in [2.24, 2.45) is 0 Å². The van der Waals surface area contributed by atoms with E-state index in [9.17, 15) is 0 Å². The van der Waals surface area contributed by atoms with Crippen molar-refractivity contribution in [3.8, 4) is 0 Å². The standard InChI is InChI=1S/C13H18ClNOS/c1-16-11-4-2-3-10(11)15-9-5-6-12-8(9)7-13(14)17-12/h7,9-11,15H,2-6H2,1H3. The molecule has 2 nitrogen and oxygen atoms in total. The fraction of sp³-hybridized carbons (Fsp3) is 0.692. The van der Waals surface area contributed by atoms with E-state index in [1.54, 1.807) is 11.3 Å². The van der Waals surface area contributed by atoms with Gasteiger partial charge in [-0.15, -0.1) is 11.3 Å². The maximum Gasteiger partial charge on any atom is 0.0934 e. The summed E-state index contributed by atoms with van der Waals surface area (Å²) in [5.41, 5.74) is 1.43. The first-order chi connectivity index (χ1) is 8.28. The van der Waals surface area contributed by atoms with E-state index in [1.165, 1.54) is 42.5 Å². The van der Waals surface area contributed by atoms with Crippen LogP contribution in [0.3, 0.4) is 0 Å². The zero-order chi connectivity index (χ0) is 11.8. The van der Waals surface area contributed by atoms with Crippen LogP contribution in [-0.2, 0) is 11.2 Å². The molecule has 1 aromatic rings. The summed E-state index contributed by atoms with van der Waals surface area (Å²) in [5, 5.41) is 3.77. The Bertz CT molecular complexity index is 406. The van der Waals surface area contributed by atoms with Gasteiger partial charge in [0.15, 0.2) is 0 Å². The van der Waals surface area contributed by atoms with Crippen molar-refractivity contribution in [3.63, 3.8) is 0 Å². The number of rotatable bonds is 3. The lowest BCUT2D eigenvalue weighted by Crippen LogP contribution is -2.38. The van der Waals surface area contributed by atoms with Crippen LogP contribution in [0, 0.1) is 0 Å². The monoisotopic (exact) mass is 271 g/mol. The van der Waals surface area contributed by atoms with Crippen LogP contribution in [0.5, 0.6) is 0 Å². The minimum absolute atomic E-state index is 0.396. The summed E-state index contributed by atoms with van der Waals surface area (Å²) in [6, 6.07) is 3.16. The molecular weight excluding hydrogens is 254 g/mol. The Balaban J connectivity index is 1.70. The number of hydrogen-bond donors (Lipinski definition) is 1. The molecule has 0 bridgehead atoms. The minimum atomic E-state index is 0.396. The van der Waals surface area contributed by atoms with Crippen molar-refractivity contribution >= 4 is 22.9 Å². The maximum atomic E-state index is 6.08. The van der Waals surface area contributed by atoms with Crippen molar-refractivity contribution < 1.29 is 4.74 Å². The van der Waals surface area contributed by atoms with Gasteiger partial charge >= 0.3 is 0 Å². The fourth-order valence-electron chi connectivity index (χ4n) is 3.16. The molecule has 1 aromatic heterocycles. The molecule has 1 N–H and O–H groups in total. The highest BCUT2D eigenvalue weighted by Crippen LogP contribution is 2.40. The highest BCUT2D eigenvalue weighted by molar-refractivity contribution is 7.16. The first-order valence-corrected chi connectivity index (χ1v) is 7.54. The molecule has 3 rings (SSSR count). The number of methoxy groups -OCH3 is 1. The van der Waals surface area contributed by atoms with Crippen molar-refractivity contribution in [1.29, 1.82) is 0 Å². The molecule has 0 aromatic carbocycles. The largest absolute Gasteiger partial charge is 0.380 e. The number of ether oxygens (including phenoxy) is 1. The molecule has 0 aliphatic heterocycles. The molecule has 0 saturated heterocycles. The maximum absolute atomic E-state index is 6.08. The SMILES string of the molecule is COC1CCCC1NC1CCc2sc(Cl)cc21. The highest BCUT2D eigenvalue weighted by Gasteiger charge is 2.32. The van der Waals surface area contributed by atoms with E-state index in [0.717, 1.165) is 4.34 Å². The first kappa shape index (κ1) is 12.0. The zero-order valence-electron chi connectivity index (χ0n) is 10.0. The van der Waals surface area contributed by atoms with E-state index in [2.05, 4.69) is 11.4 Å². The van der Waals surface area contributed by atoms with E-state index < -0.39 is 0 Å². The molecule has 94 valence electrons. The number of aryl methyl sites for hydroxylation is 1. The Labute approximate surface area is 111 Å². The average Bonchev–Trinajstić information content (AvgIpc) is 2.96. The Kier molecular flexibility index (Phi) is 3.44. The molecule has 3 unspecified atom stereocenters. The lowest BCUT2D eigenvalue weighted by molar-refractivity contribution is 0.0812. The summed E-state index contributed by atoms with van der Waals surface area (Å²) in [6.07, 6.45) is 6.49. The lowest BCUT2D eigenvalue weighted by Gasteiger charge is -2.24. The minimum Gasteiger partial charge on any atom is -0.380 e. The van der Waals surface area contributed by atoms with Crippen molar-refractivity contribution in [2.75, 3.05) is 7.11 Å². The first-order valence-electron chi connectivity index (χ1n) is 6.35. The van der Waals surface area contributed by atoms with Gasteiger partial charge in [0.05, 0.1) is 10.4 Å². The molecule has 1 saturated carbocycles. The molecule has 2 aliphatic carbocycles. The van der Waals surface area contributed by atoms with Gasteiger partial charge in [0.2, 0.25) is 0 Å². The Morgan fingerprint density at radius 2 is 2.29 bits per heavy atom. The van der Waals surface area contributed by atoms with Gasteiger partial charge in [-0.25, -0.2) is 0 Å². The molecule has 17 heavy (non-hydrogen) atoms. The molecule has 0 spiro atoms. The third-order valence-corrected chi connectivity index (χ3v) is 5.36. The molecule has 2 aliphatic rings. The van der Waals surface area contributed by atoms with Crippen LogP contribution < -0.4 is 5.32 Å². The zero-order valence-corrected chi connectivity index (χ0v) is 11.6. The Morgan fingerprint density at radius 3 is 3.12 bits per heavy atom. The van der Waals surface area contributed by atoms with Gasteiger partial charge in [-0.1, -0.05) is 11.6 Å². The van der Waals surface area contributed by atoms with Gasteiger partial charge in [0.1, 0.15) is 0 Å². The van der Waals surface area contributed by atoms with E-state index >= 15 is 0 Å². The summed E-state index contributed by atoms with van der Waals surface area (Å²) >= 11 is 7.82. The van der Waals surface area contributed by atoms with Crippen LogP contribution in [-0.4, -0.2) is 19.3 Å². The van der Waals surface area contributed by atoms with Crippen LogP contribution >= 0.6 is 22.9 Å². The van der Waals surface area contributed by atoms with Gasteiger partial charge in [0, 0.05) is 24.1 Å². The molecule has 1 fully saturated rings. The lowest BCUT2D eigenvalue weighted by atomic mass is 10.1. The van der Waals surface area contributed by atoms with Crippen molar-refractivity contribution in [3.05, 3.63) is 20.8 Å². The van der Waals surface area contributed by atoms with Crippen molar-refractivity contribution in [2.45, 2.75) is 50.3 Å². The second-order valence-corrected chi connectivity index (χ2v) is 6.77.